The lowest BCUT2D eigenvalue weighted by Crippen LogP contribution is -2.51. The third kappa shape index (κ3) is 7.09. The number of aliphatic hydroxyl groups is 1. The summed E-state index contributed by atoms with van der Waals surface area (Å²) < 4.78 is 18.4. The summed E-state index contributed by atoms with van der Waals surface area (Å²) in [6, 6.07) is 16.0. The average Bonchev–Trinajstić information content (AvgIpc) is 2.74. The van der Waals surface area contributed by atoms with E-state index >= 15 is 0 Å². The van der Waals surface area contributed by atoms with Crippen LogP contribution in [0.2, 0.25) is 0 Å². The van der Waals surface area contributed by atoms with E-state index in [4.69, 9.17) is 4.74 Å². The van der Waals surface area contributed by atoms with Gasteiger partial charge in [0, 0.05) is 39.3 Å². The number of carbonyl (C=O) groups excluding carboxylic acids is 1. The van der Waals surface area contributed by atoms with Gasteiger partial charge in [0.2, 0.25) is 5.91 Å². The zero-order chi connectivity index (χ0) is 21.3. The number of piperazine rings is 1. The van der Waals surface area contributed by atoms with Crippen LogP contribution in [0, 0.1) is 5.82 Å². The highest BCUT2D eigenvalue weighted by atomic mass is 19.1. The van der Waals surface area contributed by atoms with Gasteiger partial charge >= 0.3 is 0 Å². The molecule has 0 bridgehead atoms. The first kappa shape index (κ1) is 22.2. The molecule has 0 saturated carbocycles. The van der Waals surface area contributed by atoms with Crippen LogP contribution in [0.1, 0.15) is 5.56 Å². The van der Waals surface area contributed by atoms with Crippen LogP contribution >= 0.6 is 0 Å². The molecule has 1 amide bonds. The molecular weight excluding hydrogens is 385 g/mol. The van der Waals surface area contributed by atoms with Crippen molar-refractivity contribution in [2.24, 2.45) is 0 Å². The molecule has 1 atom stereocenters. The highest BCUT2D eigenvalue weighted by Gasteiger charge is 2.22. The molecule has 1 unspecified atom stereocenters. The van der Waals surface area contributed by atoms with Crippen LogP contribution in [0.25, 0.3) is 0 Å². The molecule has 162 valence electrons. The predicted octanol–water partition coefficient (Wildman–Crippen LogP) is 1.84. The lowest BCUT2D eigenvalue weighted by molar-refractivity contribution is -0.134. The summed E-state index contributed by atoms with van der Waals surface area (Å²) in [6.07, 6.45) is -0.740. The average molecular weight is 416 g/mol. The Morgan fingerprint density at radius 2 is 1.77 bits per heavy atom. The first-order valence-corrected chi connectivity index (χ1v) is 10.3. The number of benzene rings is 2. The number of ether oxygens (including phenoxy) is 1. The van der Waals surface area contributed by atoms with Crippen molar-refractivity contribution >= 4 is 5.91 Å². The third-order valence-electron chi connectivity index (χ3n) is 5.16. The van der Waals surface area contributed by atoms with Gasteiger partial charge in [-0.3, -0.25) is 14.6 Å². The van der Waals surface area contributed by atoms with E-state index in [-0.39, 0.29) is 24.9 Å². The SMILES string of the molecule is CN(CC(=O)N1CCN(Cc2ccccc2)CC1)CC(O)COc1ccc(F)cc1. The molecule has 2 aromatic rings. The van der Waals surface area contributed by atoms with E-state index < -0.39 is 6.10 Å². The maximum absolute atomic E-state index is 12.9. The number of nitrogens with zero attached hydrogens (tertiary/aromatic N) is 3. The smallest absolute Gasteiger partial charge is 0.236 e. The Morgan fingerprint density at radius 3 is 2.43 bits per heavy atom. The number of likely N-dealkylation sites (N-methyl/N-ethyl adjacent to an activating group) is 1. The van der Waals surface area contributed by atoms with Gasteiger partial charge < -0.3 is 14.7 Å². The van der Waals surface area contributed by atoms with Gasteiger partial charge in [0.15, 0.2) is 0 Å². The molecule has 6 nitrogen and oxygen atoms in total. The monoisotopic (exact) mass is 415 g/mol. The Labute approximate surface area is 177 Å². The van der Waals surface area contributed by atoms with Crippen LogP contribution in [0.5, 0.6) is 5.75 Å². The molecule has 1 aliphatic rings. The topological polar surface area (TPSA) is 56.3 Å². The van der Waals surface area contributed by atoms with Crippen molar-refractivity contribution in [3.63, 3.8) is 0 Å². The van der Waals surface area contributed by atoms with Gasteiger partial charge in [0.05, 0.1) is 6.54 Å². The van der Waals surface area contributed by atoms with E-state index in [2.05, 4.69) is 17.0 Å². The van der Waals surface area contributed by atoms with E-state index in [1.54, 1.807) is 4.90 Å². The molecule has 1 aliphatic heterocycles. The van der Waals surface area contributed by atoms with Crippen molar-refractivity contribution in [1.82, 2.24) is 14.7 Å². The first-order valence-electron chi connectivity index (χ1n) is 10.3. The Balaban J connectivity index is 1.34. The van der Waals surface area contributed by atoms with Crippen molar-refractivity contribution in [2.75, 3.05) is 52.9 Å². The third-order valence-corrected chi connectivity index (χ3v) is 5.16. The molecule has 3 rings (SSSR count). The molecule has 1 fully saturated rings. The summed E-state index contributed by atoms with van der Waals surface area (Å²) in [7, 11) is 1.81. The number of rotatable bonds is 9. The van der Waals surface area contributed by atoms with Gasteiger partial charge in [0.1, 0.15) is 24.3 Å². The molecule has 0 radical (unpaired) electrons. The van der Waals surface area contributed by atoms with Gasteiger partial charge in [-0.2, -0.15) is 0 Å². The quantitative estimate of drug-likeness (QED) is 0.677. The Morgan fingerprint density at radius 1 is 1.10 bits per heavy atom. The molecular formula is C23H30FN3O3. The summed E-state index contributed by atoms with van der Waals surface area (Å²) in [5.41, 5.74) is 1.29. The second-order valence-corrected chi connectivity index (χ2v) is 7.76. The highest BCUT2D eigenvalue weighted by Crippen LogP contribution is 2.12. The number of amides is 1. The van der Waals surface area contributed by atoms with Gasteiger partial charge in [-0.1, -0.05) is 30.3 Å². The largest absolute Gasteiger partial charge is 0.491 e. The number of carbonyl (C=O) groups is 1. The minimum absolute atomic E-state index is 0.0727. The molecule has 30 heavy (non-hydrogen) atoms. The molecule has 0 aromatic heterocycles. The summed E-state index contributed by atoms with van der Waals surface area (Å²) >= 11 is 0. The van der Waals surface area contributed by atoms with Crippen molar-refractivity contribution < 1.29 is 19.0 Å². The molecule has 7 heteroatoms. The Bertz CT molecular complexity index is 780. The van der Waals surface area contributed by atoms with Crippen LogP contribution in [0.3, 0.4) is 0 Å². The van der Waals surface area contributed by atoms with Crippen molar-refractivity contribution in [3.8, 4) is 5.75 Å². The van der Waals surface area contributed by atoms with E-state index in [1.807, 2.05) is 30.1 Å². The lowest BCUT2D eigenvalue weighted by atomic mass is 10.2. The van der Waals surface area contributed by atoms with Crippen LogP contribution in [-0.4, -0.2) is 84.7 Å². The number of aliphatic hydroxyl groups excluding tert-OH is 1. The number of halogens is 1. The molecule has 1 saturated heterocycles. The highest BCUT2D eigenvalue weighted by molar-refractivity contribution is 5.78. The molecule has 1 N–H and O–H groups in total. The Hall–Kier alpha value is -2.48. The normalized spacial score (nSPS) is 15.9. The maximum Gasteiger partial charge on any atom is 0.236 e. The molecule has 2 aromatic carbocycles. The van der Waals surface area contributed by atoms with Crippen LogP contribution in [-0.2, 0) is 11.3 Å². The fraction of sp³-hybridized carbons (Fsp3) is 0.435. The van der Waals surface area contributed by atoms with E-state index in [0.29, 0.717) is 12.3 Å². The standard InChI is InChI=1S/C23H30FN3O3/c1-25(16-21(28)18-30-22-9-7-20(24)8-10-22)17-23(29)27-13-11-26(12-14-27)15-19-5-3-2-4-6-19/h2-10,21,28H,11-18H2,1H3. The number of hydrogen-bond acceptors (Lipinski definition) is 5. The Kier molecular flexibility index (Phi) is 8.19. The summed E-state index contributed by atoms with van der Waals surface area (Å²) in [6.45, 7) is 4.72. The van der Waals surface area contributed by atoms with Crippen LogP contribution in [0.4, 0.5) is 4.39 Å². The summed E-state index contributed by atoms with van der Waals surface area (Å²) in [5, 5.41) is 10.2. The van der Waals surface area contributed by atoms with Crippen molar-refractivity contribution in [2.45, 2.75) is 12.6 Å². The van der Waals surface area contributed by atoms with E-state index in [9.17, 15) is 14.3 Å². The van der Waals surface area contributed by atoms with Crippen LogP contribution < -0.4 is 4.74 Å². The minimum Gasteiger partial charge on any atom is -0.491 e. The molecule has 1 heterocycles. The second-order valence-electron chi connectivity index (χ2n) is 7.76. The van der Waals surface area contributed by atoms with Crippen LogP contribution in [0.15, 0.2) is 54.6 Å². The van der Waals surface area contributed by atoms with E-state index in [1.165, 1.54) is 29.8 Å². The van der Waals surface area contributed by atoms with Gasteiger partial charge in [-0.05, 0) is 36.9 Å². The van der Waals surface area contributed by atoms with Gasteiger partial charge in [-0.25, -0.2) is 4.39 Å². The zero-order valence-electron chi connectivity index (χ0n) is 17.4. The summed E-state index contributed by atoms with van der Waals surface area (Å²) in [5.74, 6) is 0.244. The molecule has 0 aliphatic carbocycles. The second kappa shape index (κ2) is 11.1. The fourth-order valence-electron chi connectivity index (χ4n) is 3.53. The fourth-order valence-corrected chi connectivity index (χ4v) is 3.53. The van der Waals surface area contributed by atoms with Gasteiger partial charge in [-0.15, -0.1) is 0 Å². The van der Waals surface area contributed by atoms with Gasteiger partial charge in [0.25, 0.3) is 0 Å². The zero-order valence-corrected chi connectivity index (χ0v) is 17.4. The predicted molar refractivity (Wildman–Crippen MR) is 114 cm³/mol. The van der Waals surface area contributed by atoms with Crippen molar-refractivity contribution in [3.05, 3.63) is 66.0 Å². The summed E-state index contributed by atoms with van der Waals surface area (Å²) in [4.78, 5) is 18.6. The number of hydrogen-bond donors (Lipinski definition) is 1. The minimum atomic E-state index is -0.740. The lowest BCUT2D eigenvalue weighted by Gasteiger charge is -2.35. The maximum atomic E-state index is 12.9. The van der Waals surface area contributed by atoms with E-state index in [0.717, 1.165) is 32.7 Å². The first-order chi connectivity index (χ1) is 14.5. The van der Waals surface area contributed by atoms with Crippen molar-refractivity contribution in [1.29, 1.82) is 0 Å². The molecule has 0 spiro atoms.